The van der Waals surface area contributed by atoms with Crippen LogP contribution in [0.15, 0.2) is 53.4 Å². The smallest absolute Gasteiger partial charge is 0.240 e. The summed E-state index contributed by atoms with van der Waals surface area (Å²) in [6.45, 7) is 4.38. The predicted molar refractivity (Wildman–Crippen MR) is 115 cm³/mol. The lowest BCUT2D eigenvalue weighted by Gasteiger charge is -2.06. The summed E-state index contributed by atoms with van der Waals surface area (Å²) in [6.07, 6.45) is 0.624. The van der Waals surface area contributed by atoms with Crippen molar-refractivity contribution in [2.45, 2.75) is 25.2 Å². The number of aromatic nitrogens is 1. The summed E-state index contributed by atoms with van der Waals surface area (Å²) in [5.74, 6) is 0. The Bertz CT molecular complexity index is 995. The van der Waals surface area contributed by atoms with Crippen molar-refractivity contribution in [1.29, 1.82) is 0 Å². The van der Waals surface area contributed by atoms with Crippen LogP contribution >= 0.6 is 33.9 Å². The van der Waals surface area contributed by atoms with Crippen molar-refractivity contribution in [1.82, 2.24) is 9.71 Å². The maximum absolute atomic E-state index is 12.4. The number of nitrogens with one attached hydrogen (secondary N) is 1. The van der Waals surface area contributed by atoms with Crippen LogP contribution in [-0.4, -0.2) is 19.9 Å². The molecule has 3 aromatic rings. The van der Waals surface area contributed by atoms with Crippen molar-refractivity contribution in [3.05, 3.63) is 68.2 Å². The van der Waals surface area contributed by atoms with Gasteiger partial charge in [0, 0.05) is 20.6 Å². The zero-order valence-corrected chi connectivity index (χ0v) is 18.3. The summed E-state index contributed by atoms with van der Waals surface area (Å²) in [6, 6.07) is 15.1. The molecule has 1 N–H and O–H groups in total. The quantitative estimate of drug-likeness (QED) is 0.508. The molecule has 26 heavy (non-hydrogen) atoms. The fourth-order valence-corrected chi connectivity index (χ4v) is 4.93. The third-order valence-electron chi connectivity index (χ3n) is 3.96. The van der Waals surface area contributed by atoms with E-state index in [0.29, 0.717) is 17.9 Å². The Balaban J connectivity index is 1.66. The van der Waals surface area contributed by atoms with Gasteiger partial charge in [0.1, 0.15) is 5.01 Å². The van der Waals surface area contributed by atoms with Crippen LogP contribution in [0.5, 0.6) is 0 Å². The third-order valence-corrected chi connectivity index (χ3v) is 7.42. The molecule has 0 saturated carbocycles. The van der Waals surface area contributed by atoms with Crippen molar-refractivity contribution in [2.75, 3.05) is 6.54 Å². The average Bonchev–Trinajstić information content (AvgIpc) is 2.97. The summed E-state index contributed by atoms with van der Waals surface area (Å²) in [4.78, 5) is 6.03. The molecule has 0 fully saturated rings. The van der Waals surface area contributed by atoms with Crippen LogP contribution in [0.25, 0.3) is 10.6 Å². The number of nitrogens with zero attached hydrogens (tertiary/aromatic N) is 1. The van der Waals surface area contributed by atoms with Crippen molar-refractivity contribution in [3.8, 4) is 10.6 Å². The van der Waals surface area contributed by atoms with E-state index in [4.69, 9.17) is 0 Å². The molecule has 0 bridgehead atoms. The van der Waals surface area contributed by atoms with Crippen molar-refractivity contribution in [3.63, 3.8) is 0 Å². The number of hydrogen-bond donors (Lipinski definition) is 1. The van der Waals surface area contributed by atoms with Gasteiger partial charge in [0.05, 0.1) is 10.6 Å². The molecule has 0 saturated heterocycles. The molecule has 0 radical (unpaired) electrons. The first-order valence-electron chi connectivity index (χ1n) is 8.14. The van der Waals surface area contributed by atoms with Crippen LogP contribution in [0, 0.1) is 17.4 Å². The Hall–Kier alpha value is -1.29. The van der Waals surface area contributed by atoms with E-state index in [1.54, 1.807) is 35.6 Å². The van der Waals surface area contributed by atoms with Gasteiger partial charge < -0.3 is 0 Å². The second kappa shape index (κ2) is 8.16. The lowest BCUT2D eigenvalue weighted by Crippen LogP contribution is -2.25. The second-order valence-electron chi connectivity index (χ2n) is 6.00. The molecule has 0 aliphatic rings. The van der Waals surface area contributed by atoms with E-state index in [2.05, 4.69) is 63.5 Å². The van der Waals surface area contributed by atoms with Gasteiger partial charge in [-0.05, 0) is 67.1 Å². The number of benzene rings is 2. The molecule has 7 heteroatoms. The highest BCUT2D eigenvalue weighted by atomic mass is 127. The van der Waals surface area contributed by atoms with E-state index in [0.717, 1.165) is 24.7 Å². The summed E-state index contributed by atoms with van der Waals surface area (Å²) < 4.78 is 28.4. The van der Waals surface area contributed by atoms with Crippen LogP contribution in [0.3, 0.4) is 0 Å². The second-order valence-corrected chi connectivity index (χ2v) is 10.1. The zero-order chi connectivity index (χ0) is 18.7. The van der Waals surface area contributed by atoms with E-state index in [1.165, 1.54) is 5.56 Å². The molecule has 0 aliphatic heterocycles. The Kier molecular flexibility index (Phi) is 6.11. The molecule has 0 spiro atoms. The minimum absolute atomic E-state index is 0.291. The topological polar surface area (TPSA) is 59.1 Å². The van der Waals surface area contributed by atoms with Gasteiger partial charge in [-0.3, -0.25) is 0 Å². The van der Waals surface area contributed by atoms with E-state index in [1.807, 2.05) is 6.92 Å². The van der Waals surface area contributed by atoms with Gasteiger partial charge in [-0.2, -0.15) is 0 Å². The third kappa shape index (κ3) is 4.70. The number of aryl methyl sites for hydroxylation is 2. The molecule has 3 rings (SSSR count). The van der Waals surface area contributed by atoms with Gasteiger partial charge >= 0.3 is 0 Å². The lowest BCUT2D eigenvalue weighted by molar-refractivity contribution is 0.581. The van der Waals surface area contributed by atoms with Crippen molar-refractivity contribution >= 4 is 44.0 Å². The lowest BCUT2D eigenvalue weighted by atomic mass is 10.2. The van der Waals surface area contributed by atoms with E-state index >= 15 is 0 Å². The van der Waals surface area contributed by atoms with Gasteiger partial charge in [-0.15, -0.1) is 11.3 Å². The maximum atomic E-state index is 12.4. The first-order valence-corrected chi connectivity index (χ1v) is 11.5. The summed E-state index contributed by atoms with van der Waals surface area (Å²) in [5, 5.41) is 0.970. The van der Waals surface area contributed by atoms with Crippen molar-refractivity contribution in [2.24, 2.45) is 0 Å². The fraction of sp³-hybridized carbons (Fsp3) is 0.211. The maximum Gasteiger partial charge on any atom is 0.240 e. The number of sulfonamides is 1. The Morgan fingerprint density at radius 3 is 2.35 bits per heavy atom. The van der Waals surface area contributed by atoms with Crippen LogP contribution in [0.4, 0.5) is 0 Å². The molecule has 0 aliphatic carbocycles. The van der Waals surface area contributed by atoms with E-state index < -0.39 is 10.0 Å². The van der Waals surface area contributed by atoms with Gasteiger partial charge in [0.2, 0.25) is 10.0 Å². The summed E-state index contributed by atoms with van der Waals surface area (Å²) in [7, 11) is -3.48. The predicted octanol–water partition coefficient (Wildman–Crippen LogP) is 4.55. The highest BCUT2D eigenvalue weighted by Gasteiger charge is 2.14. The Morgan fingerprint density at radius 2 is 1.69 bits per heavy atom. The van der Waals surface area contributed by atoms with Crippen molar-refractivity contribution < 1.29 is 8.42 Å². The van der Waals surface area contributed by atoms with Gasteiger partial charge in [0.15, 0.2) is 0 Å². The van der Waals surface area contributed by atoms with Gasteiger partial charge in [-0.25, -0.2) is 18.1 Å². The van der Waals surface area contributed by atoms with Crippen LogP contribution in [0.1, 0.15) is 16.1 Å². The van der Waals surface area contributed by atoms with E-state index in [9.17, 15) is 8.42 Å². The molecule has 4 nitrogen and oxygen atoms in total. The molecule has 0 amide bonds. The largest absolute Gasteiger partial charge is 0.241 e. The Labute approximate surface area is 171 Å². The molecular weight excluding hydrogens is 479 g/mol. The minimum Gasteiger partial charge on any atom is -0.241 e. The minimum atomic E-state index is -3.48. The molecule has 0 atom stereocenters. The number of halogens is 1. The average molecular weight is 498 g/mol. The van der Waals surface area contributed by atoms with Crippen LogP contribution in [0.2, 0.25) is 0 Å². The highest BCUT2D eigenvalue weighted by Crippen LogP contribution is 2.28. The first-order chi connectivity index (χ1) is 12.3. The standard InChI is InChI=1S/C19H19IN2O2S2/c1-13-3-5-15(6-4-13)19-22-14(2)18(25-19)11-12-21-26(23,24)17-9-7-16(20)8-10-17/h3-10,21H,11-12H2,1-2H3. The Morgan fingerprint density at radius 1 is 1.04 bits per heavy atom. The molecular formula is C19H19IN2O2S2. The van der Waals surface area contributed by atoms with Gasteiger partial charge in [0.25, 0.3) is 0 Å². The summed E-state index contributed by atoms with van der Waals surface area (Å²) in [5.41, 5.74) is 3.26. The fourth-order valence-electron chi connectivity index (χ4n) is 2.48. The molecule has 1 heterocycles. The summed E-state index contributed by atoms with van der Waals surface area (Å²) >= 11 is 3.77. The number of thiazole rings is 1. The SMILES string of the molecule is Cc1ccc(-c2nc(C)c(CCNS(=O)(=O)c3ccc(I)cc3)s2)cc1. The molecule has 136 valence electrons. The zero-order valence-electron chi connectivity index (χ0n) is 14.5. The molecule has 1 aromatic heterocycles. The first kappa shape index (κ1) is 19.5. The monoisotopic (exact) mass is 498 g/mol. The normalized spacial score (nSPS) is 11.7. The van der Waals surface area contributed by atoms with Crippen LogP contribution in [-0.2, 0) is 16.4 Å². The molecule has 0 unspecified atom stereocenters. The highest BCUT2D eigenvalue weighted by molar-refractivity contribution is 14.1. The molecule has 2 aromatic carbocycles. The van der Waals surface area contributed by atoms with Crippen LogP contribution < -0.4 is 4.72 Å². The van der Waals surface area contributed by atoms with Gasteiger partial charge in [-0.1, -0.05) is 29.8 Å². The number of rotatable bonds is 6. The number of hydrogen-bond acceptors (Lipinski definition) is 4. The van der Waals surface area contributed by atoms with E-state index in [-0.39, 0.29) is 0 Å².